The van der Waals surface area contributed by atoms with Gasteiger partial charge >= 0.3 is 18.2 Å². The third-order valence-electron chi connectivity index (χ3n) is 5.39. The number of rotatable bonds is 6. The molecule has 2 aromatic carbocycles. The monoisotopic (exact) mass is 523 g/mol. The summed E-state index contributed by atoms with van der Waals surface area (Å²) >= 11 is 0. The van der Waals surface area contributed by atoms with Crippen LogP contribution in [0.1, 0.15) is 57.5 Å². The largest absolute Gasteiger partial charge is 0.465 e. The van der Waals surface area contributed by atoms with Crippen LogP contribution in [0.15, 0.2) is 53.8 Å². The Kier molecular flexibility index (Phi) is 8.24. The Bertz CT molecular complexity index is 1350. The van der Waals surface area contributed by atoms with Gasteiger partial charge in [-0.25, -0.2) is 14.4 Å². The molecule has 0 bridgehead atoms. The molecule has 0 unspecified atom stereocenters. The molecule has 0 fully saturated rings. The summed E-state index contributed by atoms with van der Waals surface area (Å²) < 4.78 is 17.4. The van der Waals surface area contributed by atoms with Crippen LogP contribution in [0.25, 0.3) is 10.9 Å². The molecule has 0 radical (unpaired) electrons. The highest BCUT2D eigenvalue weighted by atomic mass is 16.6. The maximum atomic E-state index is 13.1. The molecule has 0 aliphatic heterocycles. The summed E-state index contributed by atoms with van der Waals surface area (Å²) in [5.74, 6) is -0.593. The topological polar surface area (TPSA) is 117 Å². The second-order valence-corrected chi connectivity index (χ2v) is 10.7. The van der Waals surface area contributed by atoms with Gasteiger partial charge in [-0.1, -0.05) is 12.1 Å². The van der Waals surface area contributed by atoms with Crippen LogP contribution < -0.4 is 4.90 Å². The number of nitroso groups, excluding NO2 is 1. The van der Waals surface area contributed by atoms with E-state index in [1.54, 1.807) is 78.1 Å². The third kappa shape index (κ3) is 6.76. The smallest absolute Gasteiger partial charge is 0.419 e. The Morgan fingerprint density at radius 3 is 2.11 bits per heavy atom. The van der Waals surface area contributed by atoms with Gasteiger partial charge in [0.1, 0.15) is 16.9 Å². The fourth-order valence-corrected chi connectivity index (χ4v) is 3.85. The average molecular weight is 524 g/mol. The molecule has 3 rings (SSSR count). The highest BCUT2D eigenvalue weighted by Gasteiger charge is 2.27. The number of carbonyl (C=O) groups excluding carboxylic acids is 3. The summed E-state index contributed by atoms with van der Waals surface area (Å²) in [7, 11) is 1.27. The number of amides is 1. The maximum Gasteiger partial charge on any atom is 0.419 e. The van der Waals surface area contributed by atoms with Crippen LogP contribution in [0, 0.1) is 4.91 Å². The molecular weight excluding hydrogens is 490 g/mol. The lowest BCUT2D eigenvalue weighted by molar-refractivity contribution is 0.0539. The minimum atomic E-state index is -0.760. The lowest BCUT2D eigenvalue weighted by Gasteiger charge is -2.27. The lowest BCUT2D eigenvalue weighted by atomic mass is 10.1. The Morgan fingerprint density at radius 1 is 0.921 bits per heavy atom. The van der Waals surface area contributed by atoms with Crippen molar-refractivity contribution in [3.8, 4) is 0 Å². The van der Waals surface area contributed by atoms with Gasteiger partial charge in [0.05, 0.1) is 18.2 Å². The van der Waals surface area contributed by atoms with Crippen molar-refractivity contribution >= 4 is 40.4 Å². The normalized spacial score (nSPS) is 11.7. The number of aromatic nitrogens is 1. The second-order valence-electron chi connectivity index (χ2n) is 10.7. The van der Waals surface area contributed by atoms with E-state index in [0.717, 1.165) is 0 Å². The van der Waals surface area contributed by atoms with Gasteiger partial charge in [0, 0.05) is 23.8 Å². The van der Waals surface area contributed by atoms with Crippen molar-refractivity contribution in [1.29, 1.82) is 0 Å². The number of anilines is 1. The number of benzene rings is 2. The Balaban J connectivity index is 2.05. The molecule has 0 N–H and O–H groups in total. The summed E-state index contributed by atoms with van der Waals surface area (Å²) in [6.07, 6.45) is 0.698. The first-order valence-corrected chi connectivity index (χ1v) is 12.1. The first-order chi connectivity index (χ1) is 17.7. The molecule has 1 heterocycles. The molecular formula is C28H33N3O7. The van der Waals surface area contributed by atoms with Crippen molar-refractivity contribution in [2.45, 2.75) is 59.2 Å². The quantitative estimate of drug-likeness (QED) is 0.203. The number of fused-ring (bicyclic) bond motifs is 1. The zero-order valence-corrected chi connectivity index (χ0v) is 22.7. The fourth-order valence-electron chi connectivity index (χ4n) is 3.85. The maximum absolute atomic E-state index is 13.1. The van der Waals surface area contributed by atoms with Crippen LogP contribution in [-0.4, -0.2) is 47.6 Å². The first-order valence-electron chi connectivity index (χ1n) is 12.1. The van der Waals surface area contributed by atoms with E-state index in [1.165, 1.54) is 28.7 Å². The van der Waals surface area contributed by atoms with Gasteiger partial charge in [0.25, 0.3) is 0 Å². The van der Waals surface area contributed by atoms with E-state index in [2.05, 4.69) is 5.18 Å². The zero-order valence-electron chi connectivity index (χ0n) is 22.7. The summed E-state index contributed by atoms with van der Waals surface area (Å²) in [5.41, 5.74) is 0.519. The van der Waals surface area contributed by atoms with Crippen molar-refractivity contribution in [3.05, 3.63) is 64.7 Å². The minimum absolute atomic E-state index is 0.179. The van der Waals surface area contributed by atoms with Crippen LogP contribution in [0.5, 0.6) is 0 Å². The SMILES string of the molecule is COC(=O)c1cccc2c(CCN(C(=O)OC(C)(C)C)c3ccc(N=O)cc3)cn(C(=O)OC(C)(C)C)c12. The molecule has 0 saturated heterocycles. The molecule has 0 aliphatic rings. The molecule has 0 spiro atoms. The van der Waals surface area contributed by atoms with Crippen LogP contribution in [0.3, 0.4) is 0 Å². The van der Waals surface area contributed by atoms with Crippen LogP contribution in [-0.2, 0) is 20.6 Å². The molecule has 3 aromatic rings. The predicted octanol–water partition coefficient (Wildman–Crippen LogP) is 6.59. The highest BCUT2D eigenvalue weighted by Crippen LogP contribution is 2.29. The molecule has 38 heavy (non-hydrogen) atoms. The van der Waals surface area contributed by atoms with Crippen molar-refractivity contribution in [2.75, 3.05) is 18.6 Å². The molecule has 0 aliphatic carbocycles. The van der Waals surface area contributed by atoms with Crippen molar-refractivity contribution in [3.63, 3.8) is 0 Å². The molecule has 1 amide bonds. The number of hydrogen-bond acceptors (Lipinski definition) is 8. The van der Waals surface area contributed by atoms with Gasteiger partial charge in [-0.2, -0.15) is 0 Å². The van der Waals surface area contributed by atoms with E-state index in [0.29, 0.717) is 28.6 Å². The Morgan fingerprint density at radius 2 is 1.55 bits per heavy atom. The van der Waals surface area contributed by atoms with E-state index in [-0.39, 0.29) is 17.8 Å². The average Bonchev–Trinajstić information content (AvgIpc) is 3.21. The van der Waals surface area contributed by atoms with Gasteiger partial charge in [-0.3, -0.25) is 9.47 Å². The standard InChI is InChI=1S/C28H33N3O7/c1-27(2,3)37-25(33)30(20-13-11-19(29-35)12-14-20)16-15-18-17-31(26(34)38-28(4,5)6)23-21(18)9-8-10-22(23)24(32)36-7/h8-14,17H,15-16H2,1-7H3. The van der Waals surface area contributed by atoms with Gasteiger partial charge in [-0.15, -0.1) is 4.91 Å². The lowest BCUT2D eigenvalue weighted by Crippen LogP contribution is -2.38. The van der Waals surface area contributed by atoms with Crippen molar-refractivity contribution in [2.24, 2.45) is 5.18 Å². The molecule has 202 valence electrons. The zero-order chi connectivity index (χ0) is 28.3. The number of nitrogens with zero attached hydrogens (tertiary/aromatic N) is 3. The van der Waals surface area contributed by atoms with E-state index >= 15 is 0 Å². The van der Waals surface area contributed by atoms with Crippen LogP contribution in [0.2, 0.25) is 0 Å². The molecule has 10 heteroatoms. The fraction of sp³-hybridized carbons (Fsp3) is 0.393. The predicted molar refractivity (Wildman–Crippen MR) is 144 cm³/mol. The molecule has 0 atom stereocenters. The van der Waals surface area contributed by atoms with E-state index < -0.39 is 29.4 Å². The first kappa shape index (κ1) is 28.4. The number of carbonyl (C=O) groups is 3. The number of esters is 1. The van der Waals surface area contributed by atoms with Crippen LogP contribution in [0.4, 0.5) is 21.0 Å². The Hall–Kier alpha value is -4.21. The summed E-state index contributed by atoms with van der Waals surface area (Å²) in [5, 5.41) is 3.55. The summed E-state index contributed by atoms with van der Waals surface area (Å²) in [4.78, 5) is 51.1. The van der Waals surface area contributed by atoms with Crippen molar-refractivity contribution < 1.29 is 28.6 Å². The number of hydrogen-bond donors (Lipinski definition) is 0. The Labute approximate surface area is 221 Å². The summed E-state index contributed by atoms with van der Waals surface area (Å²) in [6.45, 7) is 10.7. The van der Waals surface area contributed by atoms with Gasteiger partial charge in [0.2, 0.25) is 0 Å². The molecule has 1 aromatic heterocycles. The number of para-hydroxylation sites is 1. The van der Waals surface area contributed by atoms with E-state index in [1.807, 2.05) is 0 Å². The third-order valence-corrected chi connectivity index (χ3v) is 5.39. The number of methoxy groups -OCH3 is 1. The second kappa shape index (κ2) is 11.0. The minimum Gasteiger partial charge on any atom is -0.465 e. The van der Waals surface area contributed by atoms with Gasteiger partial charge in [-0.05, 0) is 89.0 Å². The molecule has 10 nitrogen and oxygen atoms in total. The highest BCUT2D eigenvalue weighted by molar-refractivity contribution is 6.07. The summed E-state index contributed by atoms with van der Waals surface area (Å²) in [6, 6.07) is 11.3. The van der Waals surface area contributed by atoms with Gasteiger partial charge in [0.15, 0.2) is 0 Å². The number of ether oxygens (including phenoxy) is 3. The van der Waals surface area contributed by atoms with Gasteiger partial charge < -0.3 is 14.2 Å². The van der Waals surface area contributed by atoms with E-state index in [9.17, 15) is 19.3 Å². The van der Waals surface area contributed by atoms with E-state index in [4.69, 9.17) is 14.2 Å². The van der Waals surface area contributed by atoms with Crippen molar-refractivity contribution in [1.82, 2.24) is 4.57 Å². The van der Waals surface area contributed by atoms with Crippen LogP contribution >= 0.6 is 0 Å². The molecule has 0 saturated carbocycles.